The minimum atomic E-state index is -0.587. The first-order valence-electron chi connectivity index (χ1n) is 10.1. The van der Waals surface area contributed by atoms with Crippen LogP contribution in [0.3, 0.4) is 0 Å². The van der Waals surface area contributed by atoms with Crippen molar-refractivity contribution in [1.82, 2.24) is 14.9 Å². The average molecular weight is 419 g/mol. The second-order valence-electron chi connectivity index (χ2n) is 7.59. The molecule has 8 heteroatoms. The molecule has 0 bridgehead atoms. The highest BCUT2D eigenvalue weighted by molar-refractivity contribution is 5.97. The molecule has 0 unspecified atom stereocenters. The zero-order valence-electron chi connectivity index (χ0n) is 17.7. The van der Waals surface area contributed by atoms with E-state index in [0.717, 1.165) is 36.5 Å². The van der Waals surface area contributed by atoms with E-state index in [1.807, 2.05) is 30.3 Å². The van der Waals surface area contributed by atoms with E-state index in [1.165, 1.54) is 17.3 Å². The summed E-state index contributed by atoms with van der Waals surface area (Å²) in [6.45, 7) is 2.41. The highest BCUT2D eigenvalue weighted by atomic mass is 16.5. The monoisotopic (exact) mass is 418 g/mol. The second kappa shape index (κ2) is 9.01. The summed E-state index contributed by atoms with van der Waals surface area (Å²) in [5, 5.41) is 6.43. The predicted octanol–water partition coefficient (Wildman–Crippen LogP) is 2.93. The second-order valence-corrected chi connectivity index (χ2v) is 7.59. The van der Waals surface area contributed by atoms with Crippen LogP contribution in [0, 0.1) is 0 Å². The Labute approximate surface area is 181 Å². The summed E-state index contributed by atoms with van der Waals surface area (Å²) in [4.78, 5) is 22.9. The quantitative estimate of drug-likeness (QED) is 0.542. The average Bonchev–Trinajstić information content (AvgIpc) is 2.78. The molecule has 31 heavy (non-hydrogen) atoms. The molecule has 0 atom stereocenters. The van der Waals surface area contributed by atoms with Crippen molar-refractivity contribution in [3.8, 4) is 5.75 Å². The van der Waals surface area contributed by atoms with Crippen LogP contribution < -0.4 is 21.1 Å². The van der Waals surface area contributed by atoms with E-state index in [9.17, 15) is 4.79 Å². The number of ether oxygens (including phenoxy) is 1. The van der Waals surface area contributed by atoms with Crippen LogP contribution in [0.5, 0.6) is 5.75 Å². The highest BCUT2D eigenvalue weighted by Crippen LogP contribution is 2.33. The van der Waals surface area contributed by atoms with E-state index >= 15 is 0 Å². The van der Waals surface area contributed by atoms with Crippen molar-refractivity contribution in [2.45, 2.75) is 19.5 Å². The Bertz CT molecular complexity index is 1090. The van der Waals surface area contributed by atoms with Gasteiger partial charge in [-0.1, -0.05) is 30.3 Å². The van der Waals surface area contributed by atoms with E-state index in [0.29, 0.717) is 18.3 Å². The number of likely N-dealkylation sites (N-methyl/N-ethyl adjacent to an activating group) is 1. The van der Waals surface area contributed by atoms with E-state index in [4.69, 9.17) is 10.5 Å². The Morgan fingerprint density at radius 1 is 1.23 bits per heavy atom. The number of methoxy groups -OCH3 is 1. The zero-order valence-corrected chi connectivity index (χ0v) is 17.7. The van der Waals surface area contributed by atoms with Crippen molar-refractivity contribution < 1.29 is 9.53 Å². The van der Waals surface area contributed by atoms with Gasteiger partial charge < -0.3 is 26.0 Å². The van der Waals surface area contributed by atoms with Gasteiger partial charge in [0.15, 0.2) is 0 Å². The van der Waals surface area contributed by atoms with E-state index < -0.39 is 5.91 Å². The van der Waals surface area contributed by atoms with Gasteiger partial charge >= 0.3 is 0 Å². The third kappa shape index (κ3) is 4.75. The first-order valence-corrected chi connectivity index (χ1v) is 10.1. The van der Waals surface area contributed by atoms with Crippen LogP contribution in [-0.2, 0) is 19.5 Å². The topological polar surface area (TPSA) is 105 Å². The van der Waals surface area contributed by atoms with Crippen molar-refractivity contribution in [1.29, 1.82) is 0 Å². The van der Waals surface area contributed by atoms with Crippen LogP contribution in [0.4, 0.5) is 17.5 Å². The minimum Gasteiger partial charge on any atom is -0.495 e. The normalized spacial score (nSPS) is 13.4. The lowest BCUT2D eigenvalue weighted by molar-refractivity contribution is 0.100. The summed E-state index contributed by atoms with van der Waals surface area (Å²) >= 11 is 0. The van der Waals surface area contributed by atoms with Gasteiger partial charge in [-0.25, -0.2) is 4.98 Å². The number of nitrogens with one attached hydrogen (secondary N) is 2. The van der Waals surface area contributed by atoms with Gasteiger partial charge in [0.25, 0.3) is 5.91 Å². The summed E-state index contributed by atoms with van der Waals surface area (Å²) in [5.41, 5.74) is 10.1. The largest absolute Gasteiger partial charge is 0.495 e. The number of hydrogen-bond acceptors (Lipinski definition) is 7. The highest BCUT2D eigenvalue weighted by Gasteiger charge is 2.18. The van der Waals surface area contributed by atoms with Crippen LogP contribution in [-0.4, -0.2) is 41.5 Å². The Morgan fingerprint density at radius 3 is 2.77 bits per heavy atom. The van der Waals surface area contributed by atoms with E-state index in [2.05, 4.69) is 44.7 Å². The van der Waals surface area contributed by atoms with Crippen LogP contribution >= 0.6 is 0 Å². The fraction of sp³-hybridized carbons (Fsp3) is 0.261. The number of anilines is 3. The summed E-state index contributed by atoms with van der Waals surface area (Å²) in [5.74, 6) is 0.870. The fourth-order valence-electron chi connectivity index (χ4n) is 3.65. The van der Waals surface area contributed by atoms with Crippen molar-refractivity contribution >= 4 is 23.4 Å². The number of nitrogens with two attached hydrogens (primary N) is 1. The number of carbonyl (C=O) groups is 1. The molecule has 0 fully saturated rings. The summed E-state index contributed by atoms with van der Waals surface area (Å²) < 4.78 is 5.59. The lowest BCUT2D eigenvalue weighted by Gasteiger charge is -2.26. The van der Waals surface area contributed by atoms with Crippen molar-refractivity contribution in [2.75, 3.05) is 31.3 Å². The third-order valence-electron chi connectivity index (χ3n) is 5.33. The van der Waals surface area contributed by atoms with Gasteiger partial charge in [0.05, 0.1) is 18.4 Å². The number of carbonyl (C=O) groups excluding carboxylic acids is 1. The molecule has 0 saturated carbocycles. The number of benzene rings is 2. The van der Waals surface area contributed by atoms with Gasteiger partial charge in [-0.05, 0) is 42.3 Å². The number of aromatic nitrogens is 2. The molecule has 2 aromatic carbocycles. The van der Waals surface area contributed by atoms with Gasteiger partial charge in [-0.15, -0.1) is 0 Å². The Hall–Kier alpha value is -3.65. The Morgan fingerprint density at radius 2 is 2.03 bits per heavy atom. The number of rotatable bonds is 7. The molecule has 160 valence electrons. The molecule has 0 saturated heterocycles. The molecular formula is C23H26N6O2. The predicted molar refractivity (Wildman–Crippen MR) is 121 cm³/mol. The maximum Gasteiger partial charge on any atom is 0.254 e. The molecule has 0 aliphatic carbocycles. The molecule has 4 N–H and O–H groups in total. The molecule has 0 spiro atoms. The molecule has 4 rings (SSSR count). The minimum absolute atomic E-state index is 0.237. The van der Waals surface area contributed by atoms with Crippen molar-refractivity contribution in [3.05, 3.63) is 70.9 Å². The van der Waals surface area contributed by atoms with Crippen molar-refractivity contribution in [3.63, 3.8) is 0 Å². The van der Waals surface area contributed by atoms with Gasteiger partial charge in [-0.3, -0.25) is 4.79 Å². The molecule has 1 aliphatic heterocycles. The molecule has 1 aromatic heterocycles. The summed E-state index contributed by atoms with van der Waals surface area (Å²) in [6, 6.07) is 14.0. The van der Waals surface area contributed by atoms with Crippen LogP contribution in [0.1, 0.15) is 27.0 Å². The van der Waals surface area contributed by atoms with Crippen LogP contribution in [0.15, 0.2) is 48.7 Å². The van der Waals surface area contributed by atoms with E-state index in [1.54, 1.807) is 7.11 Å². The number of hydrogen-bond donors (Lipinski definition) is 3. The molecule has 0 radical (unpaired) electrons. The van der Waals surface area contributed by atoms with Crippen molar-refractivity contribution in [2.24, 2.45) is 5.73 Å². The first kappa shape index (κ1) is 20.6. The maximum atomic E-state index is 11.9. The molecule has 1 aliphatic rings. The first-order chi connectivity index (χ1) is 15.0. The molecule has 3 aromatic rings. The zero-order chi connectivity index (χ0) is 21.8. The molecule has 2 heterocycles. The lowest BCUT2D eigenvalue weighted by atomic mass is 9.99. The number of primary amides is 1. The maximum absolute atomic E-state index is 11.9. The van der Waals surface area contributed by atoms with Crippen LogP contribution in [0.2, 0.25) is 0 Å². The molecular weight excluding hydrogens is 392 g/mol. The molecule has 1 amide bonds. The van der Waals surface area contributed by atoms with Gasteiger partial charge in [-0.2, -0.15) is 4.98 Å². The molecule has 8 nitrogen and oxygen atoms in total. The lowest BCUT2D eigenvalue weighted by Crippen LogP contribution is -2.26. The number of fused-ring (bicyclic) bond motifs is 1. The van der Waals surface area contributed by atoms with E-state index in [-0.39, 0.29) is 5.56 Å². The summed E-state index contributed by atoms with van der Waals surface area (Å²) in [6.07, 6.45) is 2.42. The summed E-state index contributed by atoms with van der Waals surface area (Å²) in [7, 11) is 3.75. The number of amides is 1. The standard InChI is InChI=1S/C23H26N6O2/c1-29-9-8-16-11-20(31-2)19(10-17(16)14-29)27-23-26-13-18(21(24)30)22(28-23)25-12-15-6-4-3-5-7-15/h3-7,10-11,13H,8-9,12,14H2,1-2H3,(H2,24,30)(H2,25,26,27,28). The SMILES string of the molecule is COc1cc2c(cc1Nc1ncc(C(N)=O)c(NCc3ccccc3)n1)CN(C)CC2. The van der Waals surface area contributed by atoms with Gasteiger partial charge in [0.1, 0.15) is 11.6 Å². The van der Waals surface area contributed by atoms with Gasteiger partial charge in [0.2, 0.25) is 5.95 Å². The third-order valence-corrected chi connectivity index (χ3v) is 5.33. The van der Waals surface area contributed by atoms with Crippen LogP contribution in [0.25, 0.3) is 0 Å². The fourth-order valence-corrected chi connectivity index (χ4v) is 3.65. The Kier molecular flexibility index (Phi) is 5.99. The smallest absolute Gasteiger partial charge is 0.254 e. The Balaban J connectivity index is 1.61. The van der Waals surface area contributed by atoms with Gasteiger partial charge in [0, 0.05) is 25.8 Å². The number of nitrogens with zero attached hydrogens (tertiary/aromatic N) is 3.